The minimum absolute atomic E-state index is 0.00170. The number of urea groups is 1. The molecule has 0 spiro atoms. The van der Waals surface area contributed by atoms with Gasteiger partial charge in [0.1, 0.15) is 0 Å². The third-order valence-corrected chi connectivity index (χ3v) is 4.77. The number of nitrogens with one attached hydrogen (secondary N) is 1. The molecule has 6 heteroatoms. The molecule has 0 radical (unpaired) electrons. The fraction of sp³-hybridized carbons (Fsp3) is 0.588. The van der Waals surface area contributed by atoms with E-state index in [9.17, 15) is 13.6 Å². The van der Waals surface area contributed by atoms with Crippen molar-refractivity contribution in [2.75, 3.05) is 31.1 Å². The highest BCUT2D eigenvalue weighted by Gasteiger charge is 2.24. The predicted molar refractivity (Wildman–Crippen MR) is 85.5 cm³/mol. The lowest BCUT2D eigenvalue weighted by atomic mass is 9.96. The lowest BCUT2D eigenvalue weighted by Crippen LogP contribution is -2.53. The average Bonchev–Trinajstić information content (AvgIpc) is 2.58. The lowest BCUT2D eigenvalue weighted by molar-refractivity contribution is 0.186. The number of nitrogens with zero attached hydrogens (tertiary/aromatic N) is 2. The quantitative estimate of drug-likeness (QED) is 0.907. The first-order valence-electron chi connectivity index (χ1n) is 8.39. The summed E-state index contributed by atoms with van der Waals surface area (Å²) < 4.78 is 26.3. The van der Waals surface area contributed by atoms with Gasteiger partial charge < -0.3 is 15.1 Å². The number of hydrogen-bond donors (Lipinski definition) is 1. The molecule has 3 rings (SSSR count). The van der Waals surface area contributed by atoms with Gasteiger partial charge in [0, 0.05) is 44.0 Å². The normalized spacial score (nSPS) is 19.7. The van der Waals surface area contributed by atoms with E-state index in [0.29, 0.717) is 37.9 Å². The molecule has 23 heavy (non-hydrogen) atoms. The first-order valence-corrected chi connectivity index (χ1v) is 8.39. The maximum Gasteiger partial charge on any atom is 0.317 e. The molecule has 2 aliphatic rings. The van der Waals surface area contributed by atoms with E-state index in [1.54, 1.807) is 6.07 Å². The highest BCUT2D eigenvalue weighted by atomic mass is 19.2. The Hall–Kier alpha value is -1.85. The van der Waals surface area contributed by atoms with Gasteiger partial charge in [-0.15, -0.1) is 0 Å². The summed E-state index contributed by atoms with van der Waals surface area (Å²) in [5.74, 6) is -1.67. The smallest absolute Gasteiger partial charge is 0.317 e. The second kappa shape index (κ2) is 7.15. The summed E-state index contributed by atoms with van der Waals surface area (Å²) in [7, 11) is 0. The van der Waals surface area contributed by atoms with Crippen molar-refractivity contribution in [3.05, 3.63) is 29.8 Å². The Morgan fingerprint density at radius 2 is 1.70 bits per heavy atom. The Morgan fingerprint density at radius 1 is 1.00 bits per heavy atom. The van der Waals surface area contributed by atoms with Crippen LogP contribution in [0.25, 0.3) is 0 Å². The van der Waals surface area contributed by atoms with E-state index in [1.165, 1.54) is 25.3 Å². The fourth-order valence-corrected chi connectivity index (χ4v) is 3.36. The molecular weight excluding hydrogens is 300 g/mol. The Labute approximate surface area is 135 Å². The van der Waals surface area contributed by atoms with Gasteiger partial charge in [0.25, 0.3) is 0 Å². The number of carbonyl (C=O) groups excluding carboxylic acids is 1. The second-order valence-corrected chi connectivity index (χ2v) is 6.36. The van der Waals surface area contributed by atoms with Gasteiger partial charge in [0.2, 0.25) is 0 Å². The Balaban J connectivity index is 1.51. The summed E-state index contributed by atoms with van der Waals surface area (Å²) in [6.07, 6.45) is 5.78. The minimum Gasteiger partial charge on any atom is -0.368 e. The van der Waals surface area contributed by atoms with Crippen LogP contribution in [-0.2, 0) is 0 Å². The topological polar surface area (TPSA) is 35.6 Å². The van der Waals surface area contributed by atoms with E-state index < -0.39 is 11.6 Å². The molecule has 0 atom stereocenters. The third-order valence-electron chi connectivity index (χ3n) is 4.77. The number of anilines is 1. The largest absolute Gasteiger partial charge is 0.368 e. The van der Waals surface area contributed by atoms with Crippen LogP contribution in [0.3, 0.4) is 0 Å². The van der Waals surface area contributed by atoms with Crippen LogP contribution in [0.4, 0.5) is 19.3 Å². The lowest BCUT2D eigenvalue weighted by Gasteiger charge is -2.37. The second-order valence-electron chi connectivity index (χ2n) is 6.36. The highest BCUT2D eigenvalue weighted by Crippen LogP contribution is 2.20. The number of halogens is 2. The molecule has 1 aromatic rings. The molecule has 126 valence electrons. The molecule has 1 saturated heterocycles. The van der Waals surface area contributed by atoms with E-state index >= 15 is 0 Å². The summed E-state index contributed by atoms with van der Waals surface area (Å²) in [4.78, 5) is 16.1. The van der Waals surface area contributed by atoms with Gasteiger partial charge in [-0.25, -0.2) is 13.6 Å². The minimum atomic E-state index is -0.834. The van der Waals surface area contributed by atoms with Gasteiger partial charge in [-0.3, -0.25) is 0 Å². The number of hydrogen-bond acceptors (Lipinski definition) is 2. The molecule has 1 N–H and O–H groups in total. The van der Waals surface area contributed by atoms with E-state index in [2.05, 4.69) is 5.32 Å². The fourth-order valence-electron chi connectivity index (χ4n) is 3.36. The van der Waals surface area contributed by atoms with Gasteiger partial charge in [0.15, 0.2) is 11.6 Å². The monoisotopic (exact) mass is 323 g/mol. The van der Waals surface area contributed by atoms with Gasteiger partial charge >= 0.3 is 6.03 Å². The van der Waals surface area contributed by atoms with Crippen molar-refractivity contribution in [2.24, 2.45) is 0 Å². The molecular formula is C17H23F2N3O. The summed E-state index contributed by atoms with van der Waals surface area (Å²) in [6, 6.07) is 4.25. The molecule has 4 nitrogen and oxygen atoms in total. The molecule has 1 aliphatic carbocycles. The number of amides is 2. The Morgan fingerprint density at radius 3 is 2.35 bits per heavy atom. The van der Waals surface area contributed by atoms with Crippen LogP contribution in [0, 0.1) is 11.6 Å². The van der Waals surface area contributed by atoms with Crippen LogP contribution in [-0.4, -0.2) is 43.2 Å². The zero-order valence-corrected chi connectivity index (χ0v) is 13.2. The van der Waals surface area contributed by atoms with Crippen molar-refractivity contribution >= 4 is 11.7 Å². The molecule has 1 aromatic carbocycles. The average molecular weight is 323 g/mol. The molecule has 0 bridgehead atoms. The number of benzene rings is 1. The van der Waals surface area contributed by atoms with Crippen LogP contribution in [0.15, 0.2) is 18.2 Å². The number of piperazine rings is 1. The molecule has 2 amide bonds. The molecule has 1 heterocycles. The van der Waals surface area contributed by atoms with E-state index in [1.807, 2.05) is 9.80 Å². The summed E-state index contributed by atoms with van der Waals surface area (Å²) >= 11 is 0. The van der Waals surface area contributed by atoms with Crippen molar-refractivity contribution in [3.8, 4) is 0 Å². The van der Waals surface area contributed by atoms with Crippen molar-refractivity contribution in [1.82, 2.24) is 10.2 Å². The van der Waals surface area contributed by atoms with Crippen LogP contribution in [0.5, 0.6) is 0 Å². The molecule has 0 aromatic heterocycles. The first kappa shape index (κ1) is 16.0. The van der Waals surface area contributed by atoms with Crippen molar-refractivity contribution in [3.63, 3.8) is 0 Å². The predicted octanol–water partition coefficient (Wildman–Crippen LogP) is 3.13. The first-order chi connectivity index (χ1) is 11.1. The highest BCUT2D eigenvalue weighted by molar-refractivity contribution is 5.75. The Kier molecular flexibility index (Phi) is 4.98. The summed E-state index contributed by atoms with van der Waals surface area (Å²) in [5.41, 5.74) is 0.663. The van der Waals surface area contributed by atoms with E-state index in [-0.39, 0.29) is 6.03 Å². The summed E-state index contributed by atoms with van der Waals surface area (Å²) in [6.45, 7) is 2.45. The summed E-state index contributed by atoms with van der Waals surface area (Å²) in [5, 5.41) is 3.12. The van der Waals surface area contributed by atoms with Gasteiger partial charge in [0.05, 0.1) is 0 Å². The van der Waals surface area contributed by atoms with E-state index in [4.69, 9.17) is 0 Å². The maximum atomic E-state index is 13.3. The Bertz CT molecular complexity index is 553. The van der Waals surface area contributed by atoms with Crippen LogP contribution in [0.2, 0.25) is 0 Å². The number of rotatable bonds is 2. The van der Waals surface area contributed by atoms with Crippen molar-refractivity contribution in [1.29, 1.82) is 0 Å². The zero-order chi connectivity index (χ0) is 16.2. The number of carbonyl (C=O) groups is 1. The van der Waals surface area contributed by atoms with Crippen LogP contribution < -0.4 is 10.2 Å². The SMILES string of the molecule is O=C(NC1CCCCC1)N1CCN(c2ccc(F)c(F)c2)CC1. The van der Waals surface area contributed by atoms with Crippen LogP contribution in [0.1, 0.15) is 32.1 Å². The molecule has 2 fully saturated rings. The maximum absolute atomic E-state index is 13.3. The van der Waals surface area contributed by atoms with E-state index in [0.717, 1.165) is 18.9 Å². The standard InChI is InChI=1S/C17H23F2N3O/c18-15-7-6-14(12-16(15)19)21-8-10-22(11-9-21)17(23)20-13-4-2-1-3-5-13/h6-7,12-13H,1-5,8-11H2,(H,20,23). The molecule has 0 unspecified atom stereocenters. The third kappa shape index (κ3) is 3.92. The molecule has 1 aliphatic heterocycles. The van der Waals surface area contributed by atoms with Gasteiger partial charge in [-0.05, 0) is 25.0 Å². The van der Waals surface area contributed by atoms with Crippen LogP contribution >= 0.6 is 0 Å². The zero-order valence-electron chi connectivity index (χ0n) is 13.2. The molecule has 1 saturated carbocycles. The van der Waals surface area contributed by atoms with Gasteiger partial charge in [-0.1, -0.05) is 19.3 Å². The van der Waals surface area contributed by atoms with Crippen molar-refractivity contribution < 1.29 is 13.6 Å². The van der Waals surface area contributed by atoms with Crippen molar-refractivity contribution in [2.45, 2.75) is 38.1 Å². The van der Waals surface area contributed by atoms with Gasteiger partial charge in [-0.2, -0.15) is 0 Å².